The lowest BCUT2D eigenvalue weighted by molar-refractivity contribution is 0.251. The predicted octanol–water partition coefficient (Wildman–Crippen LogP) is 0.0990. The molecule has 0 bridgehead atoms. The van der Waals surface area contributed by atoms with Crippen LogP contribution in [-0.2, 0) is 7.05 Å². The van der Waals surface area contributed by atoms with Gasteiger partial charge in [-0.25, -0.2) is 4.79 Å². The molecule has 0 radical (unpaired) electrons. The van der Waals surface area contributed by atoms with E-state index in [0.717, 1.165) is 12.8 Å². The van der Waals surface area contributed by atoms with Gasteiger partial charge < -0.3 is 5.32 Å². The molecule has 1 heterocycles. The van der Waals surface area contributed by atoms with Gasteiger partial charge in [0.2, 0.25) is 0 Å². The molecule has 0 aliphatic heterocycles. The Balaban J connectivity index is 1.85. The van der Waals surface area contributed by atoms with E-state index in [-0.39, 0.29) is 6.03 Å². The van der Waals surface area contributed by atoms with Crippen LogP contribution >= 0.6 is 0 Å². The number of nitrogens with one attached hydrogen (secondary N) is 2. The smallest absolute Gasteiger partial charge is 0.320 e. The maximum Gasteiger partial charge on any atom is 0.320 e. The lowest BCUT2D eigenvalue weighted by atomic mass is 10.6. The van der Waals surface area contributed by atoms with Gasteiger partial charge in [-0.2, -0.15) is 0 Å². The summed E-state index contributed by atoms with van der Waals surface area (Å²) in [6, 6.07) is 0.152. The molecule has 0 aromatic carbocycles. The van der Waals surface area contributed by atoms with Gasteiger partial charge in [0.1, 0.15) is 0 Å². The molecule has 0 atom stereocenters. The zero-order valence-corrected chi connectivity index (χ0v) is 7.32. The van der Waals surface area contributed by atoms with E-state index in [1.54, 1.807) is 13.2 Å². The number of carbonyl (C=O) groups excluding carboxylic acids is 1. The number of amides is 2. The molecule has 1 aliphatic rings. The van der Waals surface area contributed by atoms with Crippen LogP contribution in [0.4, 0.5) is 10.6 Å². The van der Waals surface area contributed by atoms with Gasteiger partial charge in [0, 0.05) is 13.1 Å². The largest absolute Gasteiger partial charge is 0.335 e. The molecule has 70 valence electrons. The van der Waals surface area contributed by atoms with E-state index < -0.39 is 0 Å². The van der Waals surface area contributed by atoms with Crippen molar-refractivity contribution in [3.63, 3.8) is 0 Å². The number of hydrogen-bond acceptors (Lipinski definition) is 3. The van der Waals surface area contributed by atoms with Gasteiger partial charge in [0.25, 0.3) is 0 Å². The van der Waals surface area contributed by atoms with Gasteiger partial charge in [-0.05, 0) is 12.8 Å². The van der Waals surface area contributed by atoms with Crippen molar-refractivity contribution in [1.29, 1.82) is 0 Å². The molecule has 6 nitrogen and oxygen atoms in total. The summed E-state index contributed by atoms with van der Waals surface area (Å²) in [6.45, 7) is 0. The lowest BCUT2D eigenvalue weighted by Gasteiger charge is -2.01. The normalized spacial score (nSPS) is 15.5. The zero-order chi connectivity index (χ0) is 9.26. The minimum absolute atomic E-state index is 0.206. The van der Waals surface area contributed by atoms with Crippen LogP contribution in [0.25, 0.3) is 0 Å². The summed E-state index contributed by atoms with van der Waals surface area (Å²) in [6.07, 6.45) is 3.80. The van der Waals surface area contributed by atoms with Crippen molar-refractivity contribution < 1.29 is 4.79 Å². The number of aryl methyl sites for hydroxylation is 1. The summed E-state index contributed by atoms with van der Waals surface area (Å²) in [5.41, 5.74) is 0. The van der Waals surface area contributed by atoms with Crippen LogP contribution in [0.2, 0.25) is 0 Å². The van der Waals surface area contributed by atoms with E-state index in [1.165, 1.54) is 4.68 Å². The third-order valence-electron chi connectivity index (χ3n) is 1.76. The highest BCUT2D eigenvalue weighted by Gasteiger charge is 2.23. The Labute approximate surface area is 75.3 Å². The topological polar surface area (TPSA) is 71.8 Å². The molecule has 6 heteroatoms. The second-order valence-electron chi connectivity index (χ2n) is 3.15. The van der Waals surface area contributed by atoms with Gasteiger partial charge in [-0.3, -0.25) is 10.00 Å². The molecular formula is C7H11N5O. The molecular weight excluding hydrogens is 170 g/mol. The molecule has 0 saturated heterocycles. The first-order chi connectivity index (χ1) is 6.24. The monoisotopic (exact) mass is 181 g/mol. The van der Waals surface area contributed by atoms with Crippen LogP contribution < -0.4 is 10.6 Å². The molecule has 13 heavy (non-hydrogen) atoms. The fourth-order valence-corrected chi connectivity index (χ4v) is 0.970. The standard InChI is InChI=1S/C7H11N5O/c1-12-4-6(10-11-12)9-7(13)8-5-2-3-5/h4-5H,2-3H2,1H3,(H2,8,9,13). The highest BCUT2D eigenvalue weighted by molar-refractivity contribution is 5.88. The average molecular weight is 181 g/mol. The van der Waals surface area contributed by atoms with Crippen molar-refractivity contribution in [3.05, 3.63) is 6.20 Å². The number of carbonyl (C=O) groups is 1. The van der Waals surface area contributed by atoms with Gasteiger partial charge in [-0.1, -0.05) is 5.21 Å². The van der Waals surface area contributed by atoms with Gasteiger partial charge in [0.05, 0.1) is 6.20 Å². The number of nitrogens with zero attached hydrogens (tertiary/aromatic N) is 3. The van der Waals surface area contributed by atoms with Crippen LogP contribution in [0.5, 0.6) is 0 Å². The van der Waals surface area contributed by atoms with Crippen molar-refractivity contribution in [3.8, 4) is 0 Å². The first-order valence-corrected chi connectivity index (χ1v) is 4.18. The van der Waals surface area contributed by atoms with Gasteiger partial charge >= 0.3 is 6.03 Å². The lowest BCUT2D eigenvalue weighted by Crippen LogP contribution is -2.30. The minimum atomic E-state index is -0.206. The molecule has 2 rings (SSSR count). The molecule has 1 aliphatic carbocycles. The summed E-state index contributed by atoms with van der Waals surface area (Å²) >= 11 is 0. The van der Waals surface area contributed by atoms with Crippen LogP contribution in [0, 0.1) is 0 Å². The van der Waals surface area contributed by atoms with Crippen molar-refractivity contribution in [2.75, 3.05) is 5.32 Å². The molecule has 0 spiro atoms. The highest BCUT2D eigenvalue weighted by Crippen LogP contribution is 2.18. The summed E-state index contributed by atoms with van der Waals surface area (Å²) in [5, 5.41) is 12.8. The van der Waals surface area contributed by atoms with E-state index in [9.17, 15) is 4.79 Å². The summed E-state index contributed by atoms with van der Waals surface area (Å²) in [7, 11) is 1.75. The number of hydrogen-bond donors (Lipinski definition) is 2. The van der Waals surface area contributed by atoms with E-state index in [1.807, 2.05) is 0 Å². The number of urea groups is 1. The second kappa shape index (κ2) is 3.04. The quantitative estimate of drug-likeness (QED) is 0.679. The Bertz CT molecular complexity index is 316. The Morgan fingerprint density at radius 1 is 1.69 bits per heavy atom. The number of rotatable bonds is 2. The van der Waals surface area contributed by atoms with Crippen LogP contribution in [0.1, 0.15) is 12.8 Å². The number of anilines is 1. The average Bonchev–Trinajstić information content (AvgIpc) is 2.76. The number of aromatic nitrogens is 3. The van der Waals surface area contributed by atoms with E-state index in [0.29, 0.717) is 11.9 Å². The third kappa shape index (κ3) is 2.17. The molecule has 0 unspecified atom stereocenters. The maximum absolute atomic E-state index is 11.2. The van der Waals surface area contributed by atoms with Crippen molar-refractivity contribution >= 4 is 11.8 Å². The zero-order valence-electron chi connectivity index (χ0n) is 7.32. The van der Waals surface area contributed by atoms with Crippen LogP contribution in [0.15, 0.2) is 6.20 Å². The first-order valence-electron chi connectivity index (χ1n) is 4.18. The third-order valence-corrected chi connectivity index (χ3v) is 1.76. The summed E-state index contributed by atoms with van der Waals surface area (Å²) in [5.74, 6) is 0.473. The Kier molecular flexibility index (Phi) is 1.88. The fourth-order valence-electron chi connectivity index (χ4n) is 0.970. The maximum atomic E-state index is 11.2. The predicted molar refractivity (Wildman–Crippen MR) is 46.2 cm³/mol. The fraction of sp³-hybridized carbons (Fsp3) is 0.571. The van der Waals surface area contributed by atoms with E-state index >= 15 is 0 Å². The first kappa shape index (κ1) is 8.03. The SMILES string of the molecule is Cn1cc(NC(=O)NC2CC2)nn1. The summed E-state index contributed by atoms with van der Waals surface area (Å²) in [4.78, 5) is 11.2. The Morgan fingerprint density at radius 3 is 3.00 bits per heavy atom. The second-order valence-corrected chi connectivity index (χ2v) is 3.15. The van der Waals surface area contributed by atoms with Crippen molar-refractivity contribution in [1.82, 2.24) is 20.3 Å². The van der Waals surface area contributed by atoms with Gasteiger partial charge in [0.15, 0.2) is 5.82 Å². The van der Waals surface area contributed by atoms with Crippen LogP contribution in [0.3, 0.4) is 0 Å². The molecule has 2 N–H and O–H groups in total. The van der Waals surface area contributed by atoms with Crippen molar-refractivity contribution in [2.45, 2.75) is 18.9 Å². The van der Waals surface area contributed by atoms with E-state index in [4.69, 9.17) is 0 Å². The minimum Gasteiger partial charge on any atom is -0.335 e. The van der Waals surface area contributed by atoms with Gasteiger partial charge in [-0.15, -0.1) is 5.10 Å². The molecule has 1 aromatic heterocycles. The van der Waals surface area contributed by atoms with E-state index in [2.05, 4.69) is 20.9 Å². The highest BCUT2D eigenvalue weighted by atomic mass is 16.2. The molecule has 1 fully saturated rings. The Hall–Kier alpha value is -1.59. The Morgan fingerprint density at radius 2 is 2.46 bits per heavy atom. The molecule has 2 amide bonds. The summed E-state index contributed by atoms with van der Waals surface area (Å²) < 4.78 is 1.53. The van der Waals surface area contributed by atoms with Crippen molar-refractivity contribution in [2.24, 2.45) is 7.05 Å². The molecule has 1 saturated carbocycles. The molecule has 1 aromatic rings. The van der Waals surface area contributed by atoms with Crippen LogP contribution in [-0.4, -0.2) is 27.1 Å².